The van der Waals surface area contributed by atoms with Crippen molar-refractivity contribution in [1.82, 2.24) is 15.3 Å². The van der Waals surface area contributed by atoms with Crippen LogP contribution in [0.15, 0.2) is 24.7 Å². The summed E-state index contributed by atoms with van der Waals surface area (Å²) >= 11 is 0. The predicted octanol–water partition coefficient (Wildman–Crippen LogP) is 1.33. The van der Waals surface area contributed by atoms with Gasteiger partial charge in [-0.15, -0.1) is 0 Å². The molecule has 1 aliphatic rings. The number of hydrogen-bond donors (Lipinski definition) is 3. The van der Waals surface area contributed by atoms with Crippen molar-refractivity contribution in [1.29, 1.82) is 0 Å². The van der Waals surface area contributed by atoms with Gasteiger partial charge in [-0.2, -0.15) is 0 Å². The lowest BCUT2D eigenvalue weighted by Gasteiger charge is -2.20. The van der Waals surface area contributed by atoms with Crippen LogP contribution in [0.3, 0.4) is 0 Å². The highest BCUT2D eigenvalue weighted by atomic mass is 16.6. The number of aromatic amines is 1. The highest BCUT2D eigenvalue weighted by Crippen LogP contribution is 2.25. The van der Waals surface area contributed by atoms with Crippen LogP contribution in [-0.4, -0.2) is 52.6 Å². The van der Waals surface area contributed by atoms with E-state index in [2.05, 4.69) is 20.6 Å². The number of aromatic nitrogens is 2. The van der Waals surface area contributed by atoms with Crippen LogP contribution in [0, 0.1) is 20.8 Å². The first-order valence-electron chi connectivity index (χ1n) is 9.78. The Morgan fingerprint density at radius 3 is 2.50 bits per heavy atom. The van der Waals surface area contributed by atoms with Crippen molar-refractivity contribution in [2.24, 2.45) is 0 Å². The Kier molecular flexibility index (Phi) is 6.51. The van der Waals surface area contributed by atoms with Crippen molar-refractivity contribution in [3.05, 3.63) is 47.0 Å². The van der Waals surface area contributed by atoms with Gasteiger partial charge in [-0.1, -0.05) is 17.7 Å². The molecule has 1 aromatic carbocycles. The number of ether oxygens (including phenoxy) is 2. The van der Waals surface area contributed by atoms with Crippen molar-refractivity contribution in [3.63, 3.8) is 0 Å². The molecule has 0 saturated carbocycles. The molecule has 0 aliphatic carbocycles. The smallest absolute Gasteiger partial charge is 0.338 e. The number of epoxide rings is 1. The van der Waals surface area contributed by atoms with E-state index in [-0.39, 0.29) is 18.9 Å². The highest BCUT2D eigenvalue weighted by Gasteiger charge is 2.52. The molecule has 0 unspecified atom stereocenters. The molecule has 2 amide bonds. The average molecular weight is 414 g/mol. The van der Waals surface area contributed by atoms with Crippen LogP contribution >= 0.6 is 0 Å². The van der Waals surface area contributed by atoms with E-state index < -0.39 is 30.1 Å². The quantitative estimate of drug-likeness (QED) is 0.442. The number of rotatable bonds is 8. The molecule has 0 spiro atoms. The van der Waals surface area contributed by atoms with E-state index in [1.54, 1.807) is 13.1 Å². The third-order valence-electron chi connectivity index (χ3n) is 4.81. The molecule has 9 heteroatoms. The van der Waals surface area contributed by atoms with Crippen LogP contribution in [0.5, 0.6) is 0 Å². The van der Waals surface area contributed by atoms with Gasteiger partial charge in [-0.05, 0) is 38.8 Å². The predicted molar refractivity (Wildman–Crippen MR) is 109 cm³/mol. The summed E-state index contributed by atoms with van der Waals surface area (Å²) in [7, 11) is 0. The van der Waals surface area contributed by atoms with Crippen molar-refractivity contribution >= 4 is 23.5 Å². The number of H-pyrrole nitrogens is 1. The number of esters is 1. The second kappa shape index (κ2) is 9.08. The molecule has 1 aliphatic heterocycles. The van der Waals surface area contributed by atoms with Crippen LogP contribution < -0.4 is 10.6 Å². The van der Waals surface area contributed by atoms with E-state index in [0.717, 1.165) is 16.7 Å². The van der Waals surface area contributed by atoms with Crippen molar-refractivity contribution in [2.45, 2.75) is 52.4 Å². The van der Waals surface area contributed by atoms with Gasteiger partial charge >= 0.3 is 5.97 Å². The minimum atomic E-state index is -0.955. The molecule has 0 bridgehead atoms. The van der Waals surface area contributed by atoms with Crippen molar-refractivity contribution in [2.75, 3.05) is 11.9 Å². The lowest BCUT2D eigenvalue weighted by molar-refractivity contribution is -0.144. The zero-order valence-electron chi connectivity index (χ0n) is 17.4. The topological polar surface area (TPSA) is 126 Å². The summed E-state index contributed by atoms with van der Waals surface area (Å²) in [5.41, 5.74) is 4.36. The maximum atomic E-state index is 13.0. The zero-order chi connectivity index (χ0) is 21.8. The van der Waals surface area contributed by atoms with Gasteiger partial charge < -0.3 is 25.1 Å². The Bertz CT molecular complexity index is 918. The van der Waals surface area contributed by atoms with E-state index in [1.165, 1.54) is 6.33 Å². The normalized spacial score (nSPS) is 18.4. The number of anilines is 1. The minimum Gasteiger partial charge on any atom is -0.464 e. The summed E-state index contributed by atoms with van der Waals surface area (Å²) in [6.45, 7) is 7.70. The number of amides is 2. The van der Waals surface area contributed by atoms with E-state index in [9.17, 15) is 14.4 Å². The zero-order valence-corrected chi connectivity index (χ0v) is 17.4. The average Bonchev–Trinajstić information content (AvgIpc) is 3.33. The Morgan fingerprint density at radius 2 is 1.90 bits per heavy atom. The number of aryl methyl sites for hydroxylation is 3. The summed E-state index contributed by atoms with van der Waals surface area (Å²) < 4.78 is 10.0. The summed E-state index contributed by atoms with van der Waals surface area (Å²) in [5.74, 6) is -1.50. The third kappa shape index (κ3) is 5.04. The number of carbonyl (C=O) groups excluding carboxylic acids is 3. The highest BCUT2D eigenvalue weighted by molar-refractivity contribution is 6.00. The molecular formula is C21H26N4O5. The van der Waals surface area contributed by atoms with Gasteiger partial charge in [0.15, 0.2) is 12.2 Å². The lowest BCUT2D eigenvalue weighted by atomic mass is 10.0. The fraction of sp³-hybridized carbons (Fsp3) is 0.429. The van der Waals surface area contributed by atoms with Crippen LogP contribution in [-0.2, 0) is 30.3 Å². The molecule has 1 fully saturated rings. The molecule has 9 nitrogen and oxygen atoms in total. The van der Waals surface area contributed by atoms with Crippen LogP contribution in [0.1, 0.15) is 29.3 Å². The second-order valence-electron chi connectivity index (χ2n) is 7.33. The Labute approximate surface area is 174 Å². The van der Waals surface area contributed by atoms with Crippen molar-refractivity contribution in [3.8, 4) is 0 Å². The molecule has 3 atom stereocenters. The molecule has 1 aromatic heterocycles. The molecular weight excluding hydrogens is 388 g/mol. The van der Waals surface area contributed by atoms with Crippen LogP contribution in [0.4, 0.5) is 5.69 Å². The standard InChI is InChI=1S/C21H26N4O5/c1-5-29-21(28)18-17(30-18)20(27)24-15(8-14-9-22-10-23-14)19(26)25-16-12(3)6-11(2)7-13(16)4/h6-7,9-10,15,17-18H,5,8H2,1-4H3,(H,22,23)(H,24,27)(H,25,26)/t15-,17-,18-/m0/s1. The summed E-state index contributed by atoms with van der Waals surface area (Å²) in [4.78, 5) is 44.2. The van der Waals surface area contributed by atoms with Crippen molar-refractivity contribution < 1.29 is 23.9 Å². The van der Waals surface area contributed by atoms with Gasteiger partial charge in [-0.25, -0.2) is 9.78 Å². The van der Waals surface area contributed by atoms with Gasteiger partial charge in [0.2, 0.25) is 5.91 Å². The minimum absolute atomic E-state index is 0.202. The molecule has 3 rings (SSSR count). The molecule has 3 N–H and O–H groups in total. The van der Waals surface area contributed by atoms with Gasteiger partial charge in [0.1, 0.15) is 6.04 Å². The number of imidazole rings is 1. The maximum absolute atomic E-state index is 13.0. The molecule has 2 aromatic rings. The number of hydrogen-bond acceptors (Lipinski definition) is 6. The SMILES string of the molecule is CCOC(=O)[C@H]1O[C@@H]1C(=O)N[C@@H](Cc1cnc[nH]1)C(=O)Nc1c(C)cc(C)cc1C. The molecule has 0 radical (unpaired) electrons. The Morgan fingerprint density at radius 1 is 1.20 bits per heavy atom. The van der Waals surface area contributed by atoms with Gasteiger partial charge in [0.05, 0.1) is 12.9 Å². The number of benzene rings is 1. The summed E-state index contributed by atoms with van der Waals surface area (Å²) in [6.07, 6.45) is 1.41. The largest absolute Gasteiger partial charge is 0.464 e. The van der Waals surface area contributed by atoms with Gasteiger partial charge in [-0.3, -0.25) is 9.59 Å². The van der Waals surface area contributed by atoms with Gasteiger partial charge in [0, 0.05) is 24.0 Å². The van der Waals surface area contributed by atoms with E-state index in [0.29, 0.717) is 11.4 Å². The van der Waals surface area contributed by atoms with E-state index in [4.69, 9.17) is 9.47 Å². The molecule has 160 valence electrons. The van der Waals surface area contributed by atoms with Crippen LogP contribution in [0.2, 0.25) is 0 Å². The monoisotopic (exact) mass is 414 g/mol. The number of nitrogens with one attached hydrogen (secondary N) is 3. The first kappa shape index (κ1) is 21.5. The van der Waals surface area contributed by atoms with Crippen LogP contribution in [0.25, 0.3) is 0 Å². The fourth-order valence-corrected chi connectivity index (χ4v) is 3.38. The second-order valence-corrected chi connectivity index (χ2v) is 7.33. The number of carbonyl (C=O) groups is 3. The molecule has 30 heavy (non-hydrogen) atoms. The van der Waals surface area contributed by atoms with Gasteiger partial charge in [0.25, 0.3) is 5.91 Å². The Balaban J connectivity index is 1.72. The first-order valence-corrected chi connectivity index (χ1v) is 9.78. The molecule has 2 heterocycles. The van der Waals surface area contributed by atoms with E-state index in [1.807, 2.05) is 32.9 Å². The third-order valence-corrected chi connectivity index (χ3v) is 4.81. The molecule has 1 saturated heterocycles. The fourth-order valence-electron chi connectivity index (χ4n) is 3.38. The maximum Gasteiger partial charge on any atom is 0.338 e. The summed E-state index contributed by atoms with van der Waals surface area (Å²) in [5, 5.41) is 5.60. The Hall–Kier alpha value is -3.20. The summed E-state index contributed by atoms with van der Waals surface area (Å²) in [6, 6.07) is 3.07. The number of nitrogens with zero attached hydrogens (tertiary/aromatic N) is 1. The van der Waals surface area contributed by atoms with E-state index >= 15 is 0 Å². The lowest BCUT2D eigenvalue weighted by Crippen LogP contribution is -2.47. The first-order chi connectivity index (χ1) is 14.3.